The molecular weight excluding hydrogens is 336 g/mol. The van der Waals surface area contributed by atoms with Crippen LogP contribution in [-0.2, 0) is 4.74 Å². The molecular formula is C18H26N4O2S. The van der Waals surface area contributed by atoms with Gasteiger partial charge in [-0.05, 0) is 31.2 Å². The van der Waals surface area contributed by atoms with Crippen LogP contribution in [0.5, 0.6) is 0 Å². The number of thiophene rings is 1. The van der Waals surface area contributed by atoms with Gasteiger partial charge in [0.2, 0.25) is 0 Å². The molecule has 1 amide bonds. The van der Waals surface area contributed by atoms with Crippen LogP contribution in [0.15, 0.2) is 6.33 Å². The van der Waals surface area contributed by atoms with Crippen molar-refractivity contribution < 1.29 is 9.53 Å². The minimum atomic E-state index is 0.0549. The van der Waals surface area contributed by atoms with E-state index in [1.165, 1.54) is 11.3 Å². The van der Waals surface area contributed by atoms with E-state index in [1.54, 1.807) is 11.2 Å². The largest absolute Gasteiger partial charge is 0.376 e. The van der Waals surface area contributed by atoms with Crippen LogP contribution in [0, 0.1) is 12.8 Å². The first kappa shape index (κ1) is 18.1. The number of hydrogen-bond donors (Lipinski definition) is 1. The summed E-state index contributed by atoms with van der Waals surface area (Å²) in [6, 6.07) is 0. The first-order chi connectivity index (χ1) is 12.0. The molecule has 1 aliphatic heterocycles. The summed E-state index contributed by atoms with van der Waals surface area (Å²) in [6.07, 6.45) is 3.99. The molecule has 2 aromatic rings. The molecule has 3 heterocycles. The predicted molar refractivity (Wildman–Crippen MR) is 101 cm³/mol. The summed E-state index contributed by atoms with van der Waals surface area (Å²) in [5.74, 6) is 1.28. The van der Waals surface area contributed by atoms with Gasteiger partial charge in [0.05, 0.1) is 16.4 Å². The fourth-order valence-electron chi connectivity index (χ4n) is 3.23. The first-order valence-electron chi connectivity index (χ1n) is 8.82. The third-order valence-corrected chi connectivity index (χ3v) is 5.62. The monoisotopic (exact) mass is 362 g/mol. The third-order valence-electron chi connectivity index (χ3n) is 4.43. The minimum absolute atomic E-state index is 0.0549. The molecule has 0 aromatic carbocycles. The van der Waals surface area contributed by atoms with Gasteiger partial charge in [-0.2, -0.15) is 0 Å². The number of aromatic nitrogens is 2. The lowest BCUT2D eigenvalue weighted by Gasteiger charge is -2.19. The standard InChI is InChI=1S/C18H26N4O2S/c1-11(2)9-22(4)18(23)15-12(3)14-16(20-10-21-17(14)25-15)19-8-13-6-5-7-24-13/h10-11,13H,5-9H2,1-4H3,(H,19,20,21). The van der Waals surface area contributed by atoms with Crippen molar-refractivity contribution in [2.45, 2.75) is 39.7 Å². The van der Waals surface area contributed by atoms with Crippen molar-refractivity contribution in [1.29, 1.82) is 0 Å². The Kier molecular flexibility index (Phi) is 5.54. The summed E-state index contributed by atoms with van der Waals surface area (Å²) >= 11 is 1.45. The third kappa shape index (κ3) is 3.93. The van der Waals surface area contributed by atoms with Crippen LogP contribution in [0.1, 0.15) is 41.9 Å². The zero-order chi connectivity index (χ0) is 18.0. The molecule has 0 aliphatic carbocycles. The van der Waals surface area contributed by atoms with Crippen molar-refractivity contribution in [3.8, 4) is 0 Å². The molecule has 0 radical (unpaired) electrons. The fraction of sp³-hybridized carbons (Fsp3) is 0.611. The van der Waals surface area contributed by atoms with Crippen LogP contribution in [0.4, 0.5) is 5.82 Å². The maximum atomic E-state index is 12.8. The quantitative estimate of drug-likeness (QED) is 0.854. The highest BCUT2D eigenvalue weighted by Crippen LogP contribution is 2.34. The number of fused-ring (bicyclic) bond motifs is 1. The molecule has 0 saturated carbocycles. The van der Waals surface area contributed by atoms with Gasteiger partial charge < -0.3 is 15.0 Å². The van der Waals surface area contributed by atoms with Gasteiger partial charge >= 0.3 is 0 Å². The molecule has 7 heteroatoms. The number of rotatable bonds is 6. The molecule has 2 aromatic heterocycles. The molecule has 1 fully saturated rings. The highest BCUT2D eigenvalue weighted by Gasteiger charge is 2.23. The maximum absolute atomic E-state index is 12.8. The van der Waals surface area contributed by atoms with Gasteiger partial charge in [-0.25, -0.2) is 9.97 Å². The SMILES string of the molecule is Cc1c(C(=O)N(C)CC(C)C)sc2ncnc(NCC3CCCO3)c12. The van der Waals surface area contributed by atoms with Crippen LogP contribution in [0.3, 0.4) is 0 Å². The predicted octanol–water partition coefficient (Wildman–Crippen LogP) is 3.32. The lowest BCUT2D eigenvalue weighted by molar-refractivity contribution is 0.0783. The van der Waals surface area contributed by atoms with E-state index in [2.05, 4.69) is 29.1 Å². The van der Waals surface area contributed by atoms with E-state index in [4.69, 9.17) is 4.74 Å². The van der Waals surface area contributed by atoms with E-state index in [0.717, 1.165) is 59.0 Å². The number of hydrogen-bond acceptors (Lipinski definition) is 6. The second kappa shape index (κ2) is 7.66. The second-order valence-corrected chi connectivity index (χ2v) is 8.05. The minimum Gasteiger partial charge on any atom is -0.376 e. The lowest BCUT2D eigenvalue weighted by Crippen LogP contribution is -2.30. The maximum Gasteiger partial charge on any atom is 0.264 e. The number of carbonyl (C=O) groups excluding carboxylic acids is 1. The molecule has 1 atom stereocenters. The zero-order valence-electron chi connectivity index (χ0n) is 15.3. The van der Waals surface area contributed by atoms with E-state index in [0.29, 0.717) is 5.92 Å². The topological polar surface area (TPSA) is 67.4 Å². The average molecular weight is 362 g/mol. The Balaban J connectivity index is 1.85. The second-order valence-electron chi connectivity index (χ2n) is 7.05. The average Bonchev–Trinajstić information content (AvgIpc) is 3.20. The van der Waals surface area contributed by atoms with Crippen molar-refractivity contribution in [2.24, 2.45) is 5.92 Å². The molecule has 0 spiro atoms. The van der Waals surface area contributed by atoms with Crippen molar-refractivity contribution in [3.05, 3.63) is 16.8 Å². The van der Waals surface area contributed by atoms with Gasteiger partial charge in [0, 0.05) is 26.7 Å². The Hall–Kier alpha value is -1.73. The highest BCUT2D eigenvalue weighted by atomic mass is 32.1. The summed E-state index contributed by atoms with van der Waals surface area (Å²) in [5, 5.41) is 4.34. The van der Waals surface area contributed by atoms with Crippen LogP contribution in [-0.4, -0.2) is 53.6 Å². The highest BCUT2D eigenvalue weighted by molar-refractivity contribution is 7.20. The molecule has 1 N–H and O–H groups in total. The Morgan fingerprint density at radius 3 is 2.96 bits per heavy atom. The lowest BCUT2D eigenvalue weighted by atomic mass is 10.1. The first-order valence-corrected chi connectivity index (χ1v) is 9.64. The van der Waals surface area contributed by atoms with E-state index in [1.807, 2.05) is 14.0 Å². The smallest absolute Gasteiger partial charge is 0.264 e. The van der Waals surface area contributed by atoms with Crippen molar-refractivity contribution in [1.82, 2.24) is 14.9 Å². The summed E-state index contributed by atoms with van der Waals surface area (Å²) < 4.78 is 5.66. The summed E-state index contributed by atoms with van der Waals surface area (Å²) in [7, 11) is 1.86. The van der Waals surface area contributed by atoms with Crippen molar-refractivity contribution in [3.63, 3.8) is 0 Å². The van der Waals surface area contributed by atoms with Crippen LogP contribution in [0.2, 0.25) is 0 Å². The van der Waals surface area contributed by atoms with Crippen LogP contribution < -0.4 is 5.32 Å². The Labute approximate surface area is 152 Å². The van der Waals surface area contributed by atoms with Gasteiger partial charge in [0.25, 0.3) is 5.91 Å². The number of carbonyl (C=O) groups is 1. The number of aryl methyl sites for hydroxylation is 1. The van der Waals surface area contributed by atoms with E-state index >= 15 is 0 Å². The molecule has 136 valence electrons. The zero-order valence-corrected chi connectivity index (χ0v) is 16.2. The van der Waals surface area contributed by atoms with Gasteiger partial charge in [-0.1, -0.05) is 13.8 Å². The van der Waals surface area contributed by atoms with E-state index < -0.39 is 0 Å². The van der Waals surface area contributed by atoms with Crippen molar-refractivity contribution in [2.75, 3.05) is 32.1 Å². The Morgan fingerprint density at radius 2 is 2.28 bits per heavy atom. The number of nitrogens with zero attached hydrogens (tertiary/aromatic N) is 3. The molecule has 3 rings (SSSR count). The van der Waals surface area contributed by atoms with Crippen LogP contribution >= 0.6 is 11.3 Å². The van der Waals surface area contributed by atoms with Crippen LogP contribution in [0.25, 0.3) is 10.2 Å². The Morgan fingerprint density at radius 1 is 1.48 bits per heavy atom. The molecule has 25 heavy (non-hydrogen) atoms. The molecule has 1 aliphatic rings. The molecule has 0 bridgehead atoms. The van der Waals surface area contributed by atoms with Gasteiger partial charge in [-0.15, -0.1) is 11.3 Å². The normalized spacial score (nSPS) is 17.4. The van der Waals surface area contributed by atoms with Gasteiger partial charge in [0.1, 0.15) is 17.0 Å². The van der Waals surface area contributed by atoms with E-state index in [9.17, 15) is 4.79 Å². The Bertz CT molecular complexity index is 753. The summed E-state index contributed by atoms with van der Waals surface area (Å²) in [5.41, 5.74) is 0.955. The number of anilines is 1. The fourth-order valence-corrected chi connectivity index (χ4v) is 4.37. The van der Waals surface area contributed by atoms with Crippen molar-refractivity contribution >= 4 is 33.3 Å². The van der Waals surface area contributed by atoms with E-state index in [-0.39, 0.29) is 12.0 Å². The number of nitrogens with one attached hydrogen (secondary N) is 1. The van der Waals surface area contributed by atoms with Gasteiger partial charge in [-0.3, -0.25) is 4.79 Å². The molecule has 6 nitrogen and oxygen atoms in total. The molecule has 1 saturated heterocycles. The number of amides is 1. The summed E-state index contributed by atoms with van der Waals surface area (Å²) in [4.78, 5) is 25.0. The number of ether oxygens (including phenoxy) is 1. The summed E-state index contributed by atoms with van der Waals surface area (Å²) in [6.45, 7) is 8.51. The van der Waals surface area contributed by atoms with Gasteiger partial charge in [0.15, 0.2) is 0 Å². The molecule has 1 unspecified atom stereocenters.